The van der Waals surface area contributed by atoms with Crippen LogP contribution >= 0.6 is 0 Å². The zero-order chi connectivity index (χ0) is 15.4. The van der Waals surface area contributed by atoms with Crippen LogP contribution in [0.1, 0.15) is 34.6 Å². The molecule has 5 nitrogen and oxygen atoms in total. The molecule has 0 aromatic carbocycles. The lowest BCUT2D eigenvalue weighted by atomic mass is 10.1. The molecule has 0 aromatic heterocycles. The summed E-state index contributed by atoms with van der Waals surface area (Å²) >= 11 is 0. The summed E-state index contributed by atoms with van der Waals surface area (Å²) in [6.45, 7) is 16.1. The Bertz CT molecular complexity index is 316. The molecule has 0 saturated carbocycles. The monoisotopic (exact) mass is 300 g/mol. The third-order valence-electron chi connectivity index (χ3n) is 4.51. The maximum atomic E-state index is 6.07. The average Bonchev–Trinajstić information content (AvgIpc) is 2.45. The predicted octanol–water partition coefficient (Wildman–Crippen LogP) is 1.57. The van der Waals surface area contributed by atoms with E-state index in [1.807, 2.05) is 0 Å². The van der Waals surface area contributed by atoms with Crippen molar-refractivity contribution in [3.8, 4) is 0 Å². The highest BCUT2D eigenvalue weighted by Crippen LogP contribution is 2.19. The summed E-state index contributed by atoms with van der Waals surface area (Å²) in [6, 6.07) is 0.865. The van der Waals surface area contributed by atoms with Crippen molar-refractivity contribution in [3.05, 3.63) is 0 Å². The molecule has 5 unspecified atom stereocenters. The van der Waals surface area contributed by atoms with Gasteiger partial charge in [-0.3, -0.25) is 9.80 Å². The Balaban J connectivity index is 2.00. The molecule has 5 atom stereocenters. The third-order valence-corrected chi connectivity index (χ3v) is 4.51. The van der Waals surface area contributed by atoms with Crippen LogP contribution in [0, 0.1) is 0 Å². The molecule has 0 radical (unpaired) electrons. The molecular weight excluding hydrogens is 268 g/mol. The summed E-state index contributed by atoms with van der Waals surface area (Å²) in [7, 11) is 0. The van der Waals surface area contributed by atoms with Crippen LogP contribution in [-0.2, 0) is 14.2 Å². The highest BCUT2D eigenvalue weighted by molar-refractivity contribution is 4.83. The summed E-state index contributed by atoms with van der Waals surface area (Å²) in [5.41, 5.74) is 0. The van der Waals surface area contributed by atoms with Crippen LogP contribution in [0.5, 0.6) is 0 Å². The van der Waals surface area contributed by atoms with Crippen molar-refractivity contribution < 1.29 is 14.2 Å². The zero-order valence-electron chi connectivity index (χ0n) is 14.2. The highest BCUT2D eigenvalue weighted by Gasteiger charge is 2.33. The first kappa shape index (κ1) is 17.2. The molecule has 124 valence electrons. The molecule has 0 aliphatic carbocycles. The van der Waals surface area contributed by atoms with E-state index in [1.165, 1.54) is 0 Å². The van der Waals surface area contributed by atoms with Crippen molar-refractivity contribution in [1.29, 1.82) is 0 Å². The van der Waals surface area contributed by atoms with E-state index in [1.54, 1.807) is 0 Å². The first-order valence-electron chi connectivity index (χ1n) is 8.35. The van der Waals surface area contributed by atoms with E-state index in [4.69, 9.17) is 14.2 Å². The van der Waals surface area contributed by atoms with Crippen molar-refractivity contribution in [3.63, 3.8) is 0 Å². The molecule has 21 heavy (non-hydrogen) atoms. The van der Waals surface area contributed by atoms with Gasteiger partial charge in [-0.2, -0.15) is 0 Å². The van der Waals surface area contributed by atoms with E-state index in [9.17, 15) is 0 Å². The topological polar surface area (TPSA) is 34.2 Å². The maximum Gasteiger partial charge on any atom is 0.123 e. The van der Waals surface area contributed by atoms with E-state index >= 15 is 0 Å². The van der Waals surface area contributed by atoms with Crippen LogP contribution in [0.4, 0.5) is 0 Å². The normalized spacial score (nSPS) is 37.6. The molecule has 2 heterocycles. The van der Waals surface area contributed by atoms with Gasteiger partial charge in [0.15, 0.2) is 0 Å². The van der Waals surface area contributed by atoms with Gasteiger partial charge in [-0.1, -0.05) is 0 Å². The first-order chi connectivity index (χ1) is 10.0. The van der Waals surface area contributed by atoms with E-state index in [0.717, 1.165) is 39.5 Å². The van der Waals surface area contributed by atoms with Gasteiger partial charge in [0.05, 0.1) is 25.4 Å². The molecule has 2 saturated heterocycles. The minimum atomic E-state index is 0.143. The standard InChI is InChI=1S/C16H32N2O3/c1-6-19-16(18-8-15(5)21-11-13(18)3)9-17-7-14(4)20-10-12(17)2/h12-16H,6-11H2,1-5H3. The van der Waals surface area contributed by atoms with Crippen molar-refractivity contribution in [1.82, 2.24) is 9.80 Å². The number of hydrogen-bond acceptors (Lipinski definition) is 5. The van der Waals surface area contributed by atoms with E-state index in [-0.39, 0.29) is 12.3 Å². The SMILES string of the molecule is CCOC(CN1CC(C)OCC1C)N1CC(C)OCC1C. The fourth-order valence-electron chi connectivity index (χ4n) is 3.20. The number of morpholine rings is 2. The molecule has 2 rings (SSSR count). The van der Waals surface area contributed by atoms with Gasteiger partial charge < -0.3 is 14.2 Å². The van der Waals surface area contributed by atoms with Crippen LogP contribution in [0.3, 0.4) is 0 Å². The summed E-state index contributed by atoms with van der Waals surface area (Å²) in [5.74, 6) is 0. The van der Waals surface area contributed by atoms with Crippen LogP contribution in [0.2, 0.25) is 0 Å². The van der Waals surface area contributed by atoms with Crippen molar-refractivity contribution >= 4 is 0 Å². The van der Waals surface area contributed by atoms with Gasteiger partial charge in [0.1, 0.15) is 6.23 Å². The van der Waals surface area contributed by atoms with Crippen molar-refractivity contribution in [2.75, 3.05) is 39.5 Å². The molecular formula is C16H32N2O3. The minimum Gasteiger partial charge on any atom is -0.376 e. The maximum absolute atomic E-state index is 6.07. The Kier molecular flexibility index (Phi) is 6.44. The molecule has 2 fully saturated rings. The Hall–Kier alpha value is -0.200. The third kappa shape index (κ3) is 4.63. The fourth-order valence-corrected chi connectivity index (χ4v) is 3.20. The summed E-state index contributed by atoms with van der Waals surface area (Å²) in [6.07, 6.45) is 0.735. The Morgan fingerprint density at radius 3 is 2.29 bits per heavy atom. The average molecular weight is 300 g/mol. The van der Waals surface area contributed by atoms with Gasteiger partial charge in [-0.05, 0) is 34.6 Å². The minimum absolute atomic E-state index is 0.143. The summed E-state index contributed by atoms with van der Waals surface area (Å²) in [5, 5.41) is 0. The van der Waals surface area contributed by atoms with Crippen molar-refractivity contribution in [2.24, 2.45) is 0 Å². The second kappa shape index (κ2) is 7.88. The van der Waals surface area contributed by atoms with Gasteiger partial charge in [0, 0.05) is 38.3 Å². The molecule has 0 bridgehead atoms. The first-order valence-corrected chi connectivity index (χ1v) is 8.35. The largest absolute Gasteiger partial charge is 0.376 e. The Morgan fingerprint density at radius 1 is 1.00 bits per heavy atom. The molecule has 0 aromatic rings. The molecule has 0 N–H and O–H groups in total. The molecule has 2 aliphatic heterocycles. The van der Waals surface area contributed by atoms with E-state index < -0.39 is 0 Å². The van der Waals surface area contributed by atoms with Crippen LogP contribution in [0.25, 0.3) is 0 Å². The quantitative estimate of drug-likeness (QED) is 0.770. The van der Waals surface area contributed by atoms with Gasteiger partial charge in [-0.15, -0.1) is 0 Å². The predicted molar refractivity (Wildman–Crippen MR) is 83.4 cm³/mol. The van der Waals surface area contributed by atoms with E-state index in [0.29, 0.717) is 18.2 Å². The zero-order valence-corrected chi connectivity index (χ0v) is 14.2. The van der Waals surface area contributed by atoms with Crippen LogP contribution in [-0.4, -0.2) is 79.8 Å². The lowest BCUT2D eigenvalue weighted by Crippen LogP contribution is -2.58. The van der Waals surface area contributed by atoms with Gasteiger partial charge in [0.25, 0.3) is 0 Å². The smallest absolute Gasteiger partial charge is 0.123 e. The van der Waals surface area contributed by atoms with Crippen LogP contribution < -0.4 is 0 Å². The second-order valence-electron chi connectivity index (χ2n) is 6.55. The van der Waals surface area contributed by atoms with Gasteiger partial charge in [0.2, 0.25) is 0 Å². The molecule has 0 amide bonds. The molecule has 0 spiro atoms. The van der Waals surface area contributed by atoms with Gasteiger partial charge in [-0.25, -0.2) is 0 Å². The number of rotatable bonds is 5. The Labute approximate surface area is 129 Å². The number of ether oxygens (including phenoxy) is 3. The highest BCUT2D eigenvalue weighted by atomic mass is 16.5. The lowest BCUT2D eigenvalue weighted by molar-refractivity contribution is -0.156. The number of nitrogens with zero attached hydrogens (tertiary/aromatic N) is 2. The summed E-state index contributed by atoms with van der Waals surface area (Å²) < 4.78 is 17.5. The molecule has 5 heteroatoms. The molecule has 2 aliphatic rings. The van der Waals surface area contributed by atoms with Crippen LogP contribution in [0.15, 0.2) is 0 Å². The van der Waals surface area contributed by atoms with Crippen molar-refractivity contribution in [2.45, 2.75) is 65.1 Å². The van der Waals surface area contributed by atoms with Gasteiger partial charge >= 0.3 is 0 Å². The lowest BCUT2D eigenvalue weighted by Gasteiger charge is -2.45. The second-order valence-corrected chi connectivity index (χ2v) is 6.55. The number of hydrogen-bond donors (Lipinski definition) is 0. The summed E-state index contributed by atoms with van der Waals surface area (Å²) in [4.78, 5) is 4.96. The Morgan fingerprint density at radius 2 is 1.62 bits per heavy atom. The fraction of sp³-hybridized carbons (Fsp3) is 1.00. The van der Waals surface area contributed by atoms with E-state index in [2.05, 4.69) is 44.4 Å².